The van der Waals surface area contributed by atoms with Crippen LogP contribution in [0.1, 0.15) is 17.5 Å². The molecule has 1 rings (SSSR count). The Labute approximate surface area is 113 Å². The Morgan fingerprint density at radius 3 is 2.72 bits per heavy atom. The molecule has 0 aliphatic carbocycles. The summed E-state index contributed by atoms with van der Waals surface area (Å²) in [6, 6.07) is 9.77. The molecule has 0 saturated carbocycles. The van der Waals surface area contributed by atoms with Gasteiger partial charge in [-0.3, -0.25) is 0 Å². The van der Waals surface area contributed by atoms with Gasteiger partial charge >= 0.3 is 0 Å². The number of nitrogens with zero attached hydrogens (tertiary/aromatic N) is 1. The van der Waals surface area contributed by atoms with Crippen molar-refractivity contribution in [2.75, 3.05) is 19.5 Å². The molecule has 2 nitrogen and oxygen atoms in total. The molecule has 0 aliphatic heterocycles. The average molecular weight is 259 g/mol. The molecule has 0 bridgehead atoms. The molecule has 0 aliphatic rings. The molecule has 0 N–H and O–H groups in total. The van der Waals surface area contributed by atoms with Gasteiger partial charge in [-0.15, -0.1) is 18.3 Å². The van der Waals surface area contributed by atoms with Gasteiger partial charge in [0.15, 0.2) is 0 Å². The number of nitriles is 1. The van der Waals surface area contributed by atoms with Crippen molar-refractivity contribution in [1.29, 1.82) is 5.26 Å². The van der Waals surface area contributed by atoms with Crippen LogP contribution < -0.4 is 0 Å². The standard InChI is InChI=1S/C15H17NOS/c1-3-9-17-10-8-15(12-18-2)14-6-4-13(11-16)5-7-14/h3-7,12H,1,8-10H2,2H3/b15-12-. The topological polar surface area (TPSA) is 33.0 Å². The Hall–Kier alpha value is -1.50. The number of hydrogen-bond acceptors (Lipinski definition) is 3. The molecule has 0 radical (unpaired) electrons. The van der Waals surface area contributed by atoms with Gasteiger partial charge in [0.2, 0.25) is 0 Å². The molecule has 18 heavy (non-hydrogen) atoms. The Morgan fingerprint density at radius 1 is 1.44 bits per heavy atom. The van der Waals surface area contributed by atoms with E-state index in [1.54, 1.807) is 17.8 Å². The quantitative estimate of drug-likeness (QED) is 0.550. The van der Waals surface area contributed by atoms with Crippen molar-refractivity contribution in [2.24, 2.45) is 0 Å². The third-order valence-corrected chi connectivity index (χ3v) is 2.92. The minimum Gasteiger partial charge on any atom is -0.377 e. The van der Waals surface area contributed by atoms with Crippen LogP contribution in [0.2, 0.25) is 0 Å². The Bertz CT molecular complexity index is 443. The zero-order chi connectivity index (χ0) is 13.2. The van der Waals surface area contributed by atoms with Crippen molar-refractivity contribution < 1.29 is 4.74 Å². The number of thioether (sulfide) groups is 1. The molecule has 0 amide bonds. The van der Waals surface area contributed by atoms with Gasteiger partial charge in [-0.05, 0) is 41.4 Å². The van der Waals surface area contributed by atoms with E-state index in [0.29, 0.717) is 18.8 Å². The van der Waals surface area contributed by atoms with Gasteiger partial charge < -0.3 is 4.74 Å². The van der Waals surface area contributed by atoms with E-state index < -0.39 is 0 Å². The van der Waals surface area contributed by atoms with E-state index >= 15 is 0 Å². The molecule has 0 atom stereocenters. The fourth-order valence-corrected chi connectivity index (χ4v) is 2.06. The van der Waals surface area contributed by atoms with E-state index in [9.17, 15) is 0 Å². The zero-order valence-corrected chi connectivity index (χ0v) is 11.4. The summed E-state index contributed by atoms with van der Waals surface area (Å²) < 4.78 is 5.41. The zero-order valence-electron chi connectivity index (χ0n) is 10.6. The van der Waals surface area contributed by atoms with Crippen molar-refractivity contribution in [3.05, 3.63) is 53.5 Å². The highest BCUT2D eigenvalue weighted by Gasteiger charge is 2.02. The maximum atomic E-state index is 8.77. The highest BCUT2D eigenvalue weighted by Crippen LogP contribution is 2.21. The lowest BCUT2D eigenvalue weighted by Gasteiger charge is -2.08. The van der Waals surface area contributed by atoms with Crippen LogP contribution in [-0.4, -0.2) is 19.5 Å². The van der Waals surface area contributed by atoms with Crippen molar-refractivity contribution >= 4 is 17.3 Å². The Balaban J connectivity index is 2.69. The number of rotatable bonds is 7. The number of hydrogen-bond donors (Lipinski definition) is 0. The molecule has 3 heteroatoms. The predicted molar refractivity (Wildman–Crippen MR) is 78.3 cm³/mol. The van der Waals surface area contributed by atoms with E-state index in [0.717, 1.165) is 12.0 Å². The monoisotopic (exact) mass is 259 g/mol. The van der Waals surface area contributed by atoms with E-state index in [2.05, 4.69) is 18.1 Å². The molecule has 0 saturated heterocycles. The second-order valence-corrected chi connectivity index (χ2v) is 4.39. The van der Waals surface area contributed by atoms with E-state index in [-0.39, 0.29) is 0 Å². The van der Waals surface area contributed by atoms with Crippen LogP contribution in [0.15, 0.2) is 42.3 Å². The van der Waals surface area contributed by atoms with Crippen molar-refractivity contribution in [3.63, 3.8) is 0 Å². The highest BCUT2D eigenvalue weighted by molar-refractivity contribution is 8.01. The van der Waals surface area contributed by atoms with E-state index in [1.807, 2.05) is 30.5 Å². The summed E-state index contributed by atoms with van der Waals surface area (Å²) in [5, 5.41) is 10.9. The van der Waals surface area contributed by atoms with Crippen LogP contribution in [0.25, 0.3) is 5.57 Å². The maximum Gasteiger partial charge on any atom is 0.0991 e. The first kappa shape index (κ1) is 14.6. The molecule has 0 heterocycles. The highest BCUT2D eigenvalue weighted by atomic mass is 32.2. The first-order valence-electron chi connectivity index (χ1n) is 5.72. The van der Waals surface area contributed by atoms with Crippen molar-refractivity contribution in [2.45, 2.75) is 6.42 Å². The van der Waals surface area contributed by atoms with Gasteiger partial charge in [0.25, 0.3) is 0 Å². The minimum atomic E-state index is 0.583. The molecule has 0 fully saturated rings. The molecule has 0 spiro atoms. The second kappa shape index (κ2) is 8.57. The fourth-order valence-electron chi connectivity index (χ4n) is 1.52. The molecule has 0 unspecified atom stereocenters. The fraction of sp³-hybridized carbons (Fsp3) is 0.267. The third kappa shape index (κ3) is 4.79. The first-order chi connectivity index (χ1) is 8.81. The third-order valence-electron chi connectivity index (χ3n) is 2.40. The molecular formula is C15H17NOS. The molecule has 94 valence electrons. The van der Waals surface area contributed by atoms with Gasteiger partial charge in [-0.2, -0.15) is 5.26 Å². The molecule has 0 aromatic heterocycles. The summed E-state index contributed by atoms with van der Waals surface area (Å²) in [7, 11) is 0. The largest absolute Gasteiger partial charge is 0.377 e. The summed E-state index contributed by atoms with van der Waals surface area (Å²) in [6.07, 6.45) is 4.65. The summed E-state index contributed by atoms with van der Waals surface area (Å²) in [5.41, 5.74) is 3.06. The first-order valence-corrected chi connectivity index (χ1v) is 7.01. The van der Waals surface area contributed by atoms with Crippen LogP contribution >= 0.6 is 11.8 Å². The van der Waals surface area contributed by atoms with Crippen LogP contribution in [0.4, 0.5) is 0 Å². The molecular weight excluding hydrogens is 242 g/mol. The lowest BCUT2D eigenvalue weighted by molar-refractivity contribution is 0.169. The van der Waals surface area contributed by atoms with Crippen LogP contribution in [0.5, 0.6) is 0 Å². The van der Waals surface area contributed by atoms with Crippen molar-refractivity contribution in [1.82, 2.24) is 0 Å². The van der Waals surface area contributed by atoms with E-state index in [4.69, 9.17) is 10.00 Å². The number of benzene rings is 1. The van der Waals surface area contributed by atoms with Crippen LogP contribution in [0.3, 0.4) is 0 Å². The Kier molecular flexibility index (Phi) is 6.93. The normalized spacial score (nSPS) is 11.0. The SMILES string of the molecule is C=CCOCC/C(=C/SC)c1ccc(C#N)cc1. The lowest BCUT2D eigenvalue weighted by Crippen LogP contribution is -1.96. The lowest BCUT2D eigenvalue weighted by atomic mass is 10.0. The van der Waals surface area contributed by atoms with Gasteiger partial charge in [0, 0.05) is 0 Å². The van der Waals surface area contributed by atoms with Gasteiger partial charge in [0.05, 0.1) is 24.8 Å². The van der Waals surface area contributed by atoms with Gasteiger partial charge in [0.1, 0.15) is 0 Å². The van der Waals surface area contributed by atoms with Crippen LogP contribution in [0, 0.1) is 11.3 Å². The van der Waals surface area contributed by atoms with Gasteiger partial charge in [-0.1, -0.05) is 18.2 Å². The van der Waals surface area contributed by atoms with Crippen LogP contribution in [-0.2, 0) is 4.74 Å². The second-order valence-electron chi connectivity index (χ2n) is 3.68. The average Bonchev–Trinajstić information content (AvgIpc) is 2.42. The van der Waals surface area contributed by atoms with Gasteiger partial charge in [-0.25, -0.2) is 0 Å². The van der Waals surface area contributed by atoms with Crippen molar-refractivity contribution in [3.8, 4) is 6.07 Å². The summed E-state index contributed by atoms with van der Waals surface area (Å²) in [6.45, 7) is 4.88. The number of ether oxygens (including phenoxy) is 1. The molecule has 1 aromatic rings. The maximum absolute atomic E-state index is 8.77. The predicted octanol–water partition coefficient (Wildman–Crippen LogP) is 3.85. The summed E-state index contributed by atoms with van der Waals surface area (Å²) in [5.74, 6) is 0. The van der Waals surface area contributed by atoms with E-state index in [1.165, 1.54) is 5.57 Å². The summed E-state index contributed by atoms with van der Waals surface area (Å²) >= 11 is 1.68. The Morgan fingerprint density at radius 2 is 2.17 bits per heavy atom. The molecule has 1 aromatic carbocycles. The minimum absolute atomic E-state index is 0.583. The summed E-state index contributed by atoms with van der Waals surface area (Å²) in [4.78, 5) is 0. The smallest absolute Gasteiger partial charge is 0.0991 e.